The molecule has 1 aromatic rings. The van der Waals surface area contributed by atoms with Crippen LogP contribution in [-0.2, 0) is 11.2 Å². The van der Waals surface area contributed by atoms with Crippen LogP contribution < -0.4 is 5.73 Å². The van der Waals surface area contributed by atoms with Crippen molar-refractivity contribution in [2.45, 2.75) is 38.6 Å². The monoisotopic (exact) mass is 254 g/mol. The van der Waals surface area contributed by atoms with Crippen LogP contribution in [0.25, 0.3) is 0 Å². The van der Waals surface area contributed by atoms with Crippen LogP contribution in [0.3, 0.4) is 0 Å². The summed E-state index contributed by atoms with van der Waals surface area (Å²) in [6, 6.07) is 3.80. The van der Waals surface area contributed by atoms with Crippen molar-refractivity contribution < 1.29 is 4.79 Å². The fraction of sp³-hybridized carbons (Fsp3) is 0.615. The minimum absolute atomic E-state index is 0.0648. The number of thiophene rings is 1. The average Bonchev–Trinajstić information content (AvgIpc) is 2.85. The summed E-state index contributed by atoms with van der Waals surface area (Å²) in [5.74, 6) is 0.0648. The van der Waals surface area contributed by atoms with E-state index in [2.05, 4.69) is 18.4 Å². The number of nitrogens with two attached hydrogens (primary N) is 1. The van der Waals surface area contributed by atoms with Gasteiger partial charge in [0.2, 0.25) is 5.91 Å². The van der Waals surface area contributed by atoms with E-state index in [1.807, 2.05) is 13.1 Å². The molecule has 0 spiro atoms. The molecule has 96 valence electrons. The Bertz CT molecular complexity index is 324. The highest BCUT2D eigenvalue weighted by atomic mass is 32.1. The van der Waals surface area contributed by atoms with Crippen LogP contribution in [0.5, 0.6) is 0 Å². The molecule has 3 nitrogen and oxygen atoms in total. The third kappa shape index (κ3) is 4.88. The minimum atomic E-state index is -0.330. The standard InChI is InChI=1S/C13H22N2OS/c1-3-4-7-12(14)13(16)15(2)9-8-11-6-5-10-17-11/h5-6,10,12H,3-4,7-9,14H2,1-2H3. The van der Waals surface area contributed by atoms with Crippen LogP contribution in [0.4, 0.5) is 0 Å². The molecule has 0 aliphatic heterocycles. The number of rotatable bonds is 7. The van der Waals surface area contributed by atoms with E-state index < -0.39 is 0 Å². The van der Waals surface area contributed by atoms with Crippen molar-refractivity contribution in [1.29, 1.82) is 0 Å². The Kier molecular flexibility index (Phi) is 6.22. The van der Waals surface area contributed by atoms with Gasteiger partial charge < -0.3 is 10.6 Å². The molecule has 1 aromatic heterocycles. The molecule has 1 atom stereocenters. The quantitative estimate of drug-likeness (QED) is 0.811. The summed E-state index contributed by atoms with van der Waals surface area (Å²) in [5.41, 5.74) is 5.86. The Morgan fingerprint density at radius 3 is 2.94 bits per heavy atom. The molecule has 1 amide bonds. The number of likely N-dealkylation sites (N-methyl/N-ethyl adjacent to an activating group) is 1. The van der Waals surface area contributed by atoms with Gasteiger partial charge >= 0.3 is 0 Å². The van der Waals surface area contributed by atoms with E-state index in [0.29, 0.717) is 0 Å². The highest BCUT2D eigenvalue weighted by molar-refractivity contribution is 7.09. The summed E-state index contributed by atoms with van der Waals surface area (Å²) < 4.78 is 0. The maximum atomic E-state index is 11.9. The summed E-state index contributed by atoms with van der Waals surface area (Å²) in [6.45, 7) is 2.86. The van der Waals surface area contributed by atoms with E-state index in [1.54, 1.807) is 16.2 Å². The topological polar surface area (TPSA) is 46.3 Å². The second-order valence-electron chi connectivity index (χ2n) is 4.34. The lowest BCUT2D eigenvalue weighted by Crippen LogP contribution is -2.42. The largest absolute Gasteiger partial charge is 0.344 e. The SMILES string of the molecule is CCCCC(N)C(=O)N(C)CCc1cccs1. The smallest absolute Gasteiger partial charge is 0.239 e. The molecule has 0 radical (unpaired) electrons. The highest BCUT2D eigenvalue weighted by Gasteiger charge is 2.16. The Morgan fingerprint density at radius 2 is 2.35 bits per heavy atom. The Labute approximate surface area is 108 Å². The zero-order valence-corrected chi connectivity index (χ0v) is 11.5. The number of unbranched alkanes of at least 4 members (excludes halogenated alkanes) is 1. The predicted octanol–water partition coefficient (Wildman–Crippen LogP) is 2.27. The first-order valence-electron chi connectivity index (χ1n) is 6.18. The molecular weight excluding hydrogens is 232 g/mol. The Balaban J connectivity index is 2.31. The number of hydrogen-bond donors (Lipinski definition) is 1. The summed E-state index contributed by atoms with van der Waals surface area (Å²) in [6.07, 6.45) is 3.81. The van der Waals surface area contributed by atoms with Gasteiger partial charge in [-0.25, -0.2) is 0 Å². The minimum Gasteiger partial charge on any atom is -0.344 e. The molecule has 0 fully saturated rings. The van der Waals surface area contributed by atoms with Crippen LogP contribution in [0.1, 0.15) is 31.1 Å². The van der Waals surface area contributed by atoms with Gasteiger partial charge in [-0.15, -0.1) is 11.3 Å². The van der Waals surface area contributed by atoms with Crippen LogP contribution in [0.15, 0.2) is 17.5 Å². The summed E-state index contributed by atoms with van der Waals surface area (Å²) in [7, 11) is 1.84. The molecule has 0 aliphatic carbocycles. The van der Waals surface area contributed by atoms with E-state index in [4.69, 9.17) is 5.73 Å². The first kappa shape index (κ1) is 14.2. The number of nitrogens with zero attached hydrogens (tertiary/aromatic N) is 1. The molecule has 1 heterocycles. The van der Waals surface area contributed by atoms with Crippen molar-refractivity contribution in [2.75, 3.05) is 13.6 Å². The molecule has 1 unspecified atom stereocenters. The average molecular weight is 254 g/mol. The molecule has 2 N–H and O–H groups in total. The second kappa shape index (κ2) is 7.45. The van der Waals surface area contributed by atoms with E-state index in [1.165, 1.54) is 4.88 Å². The number of amides is 1. The summed E-state index contributed by atoms with van der Waals surface area (Å²) in [4.78, 5) is 15.0. The van der Waals surface area contributed by atoms with Crippen molar-refractivity contribution in [3.8, 4) is 0 Å². The van der Waals surface area contributed by atoms with Crippen molar-refractivity contribution in [3.05, 3.63) is 22.4 Å². The van der Waals surface area contributed by atoms with Gasteiger partial charge in [0.25, 0.3) is 0 Å². The third-order valence-electron chi connectivity index (χ3n) is 2.84. The van der Waals surface area contributed by atoms with Gasteiger partial charge in [0.1, 0.15) is 0 Å². The number of carbonyl (C=O) groups excluding carboxylic acids is 1. The lowest BCUT2D eigenvalue weighted by molar-refractivity contribution is -0.131. The normalized spacial score (nSPS) is 12.4. The fourth-order valence-electron chi connectivity index (χ4n) is 1.67. The summed E-state index contributed by atoms with van der Waals surface area (Å²) in [5, 5.41) is 2.06. The zero-order chi connectivity index (χ0) is 12.7. The fourth-order valence-corrected chi connectivity index (χ4v) is 2.37. The van der Waals surface area contributed by atoms with Crippen molar-refractivity contribution in [1.82, 2.24) is 4.90 Å². The first-order valence-corrected chi connectivity index (χ1v) is 7.06. The van der Waals surface area contributed by atoms with Gasteiger partial charge in [0.05, 0.1) is 6.04 Å². The van der Waals surface area contributed by atoms with E-state index >= 15 is 0 Å². The first-order chi connectivity index (χ1) is 8.15. The van der Waals surface area contributed by atoms with Gasteiger partial charge in [-0.2, -0.15) is 0 Å². The van der Waals surface area contributed by atoms with Crippen LogP contribution >= 0.6 is 11.3 Å². The predicted molar refractivity (Wildman–Crippen MR) is 73.2 cm³/mol. The van der Waals surface area contributed by atoms with Gasteiger partial charge in [-0.3, -0.25) is 4.79 Å². The molecule has 4 heteroatoms. The van der Waals surface area contributed by atoms with Gasteiger partial charge in [-0.05, 0) is 24.3 Å². The lowest BCUT2D eigenvalue weighted by Gasteiger charge is -2.20. The molecular formula is C13H22N2OS. The lowest BCUT2D eigenvalue weighted by atomic mass is 10.1. The maximum absolute atomic E-state index is 11.9. The van der Waals surface area contributed by atoms with Crippen molar-refractivity contribution >= 4 is 17.2 Å². The molecule has 17 heavy (non-hydrogen) atoms. The van der Waals surface area contributed by atoms with Crippen LogP contribution in [0, 0.1) is 0 Å². The highest BCUT2D eigenvalue weighted by Crippen LogP contribution is 2.10. The molecule has 0 aromatic carbocycles. The molecule has 0 aliphatic rings. The van der Waals surface area contributed by atoms with Gasteiger partial charge in [0.15, 0.2) is 0 Å². The maximum Gasteiger partial charge on any atom is 0.239 e. The molecule has 0 saturated carbocycles. The number of hydrogen-bond acceptors (Lipinski definition) is 3. The zero-order valence-electron chi connectivity index (χ0n) is 10.7. The van der Waals surface area contributed by atoms with Gasteiger partial charge in [0, 0.05) is 18.5 Å². The number of carbonyl (C=O) groups is 1. The Hall–Kier alpha value is -0.870. The van der Waals surface area contributed by atoms with Crippen LogP contribution in [-0.4, -0.2) is 30.4 Å². The molecule has 1 rings (SSSR count). The van der Waals surface area contributed by atoms with E-state index in [9.17, 15) is 4.79 Å². The van der Waals surface area contributed by atoms with Crippen molar-refractivity contribution in [2.24, 2.45) is 5.73 Å². The van der Waals surface area contributed by atoms with Crippen LogP contribution in [0.2, 0.25) is 0 Å². The summed E-state index contributed by atoms with van der Waals surface area (Å²) >= 11 is 1.73. The van der Waals surface area contributed by atoms with E-state index in [-0.39, 0.29) is 11.9 Å². The second-order valence-corrected chi connectivity index (χ2v) is 5.37. The Morgan fingerprint density at radius 1 is 1.59 bits per heavy atom. The van der Waals surface area contributed by atoms with Gasteiger partial charge in [-0.1, -0.05) is 25.8 Å². The third-order valence-corrected chi connectivity index (χ3v) is 3.77. The molecule has 0 bridgehead atoms. The van der Waals surface area contributed by atoms with Crippen molar-refractivity contribution in [3.63, 3.8) is 0 Å². The molecule has 0 saturated heterocycles. The van der Waals surface area contributed by atoms with E-state index in [0.717, 1.165) is 32.2 Å².